The first-order valence-electron chi connectivity index (χ1n) is 8.85. The first-order valence-corrected chi connectivity index (χ1v) is 9.73. The molecular weight excluding hydrogens is 358 g/mol. The summed E-state index contributed by atoms with van der Waals surface area (Å²) >= 11 is 1.54. The van der Waals surface area contributed by atoms with Crippen molar-refractivity contribution in [1.82, 2.24) is 0 Å². The van der Waals surface area contributed by atoms with Crippen molar-refractivity contribution in [3.05, 3.63) is 68.6 Å². The number of amides is 1. The third kappa shape index (κ3) is 3.47. The van der Waals surface area contributed by atoms with Gasteiger partial charge in [0.1, 0.15) is 0 Å². The van der Waals surface area contributed by atoms with Crippen LogP contribution in [-0.2, 0) is 14.3 Å². The normalized spacial score (nSPS) is 16.0. The Hall–Kier alpha value is -2.66. The van der Waals surface area contributed by atoms with Gasteiger partial charge in [0, 0.05) is 16.3 Å². The molecule has 0 fully saturated rings. The third-order valence-electron chi connectivity index (χ3n) is 4.78. The number of benzene rings is 1. The van der Waals surface area contributed by atoms with Gasteiger partial charge in [0.2, 0.25) is 0 Å². The molecule has 2 aromatic rings. The summed E-state index contributed by atoms with van der Waals surface area (Å²) in [5.41, 5.74) is 4.30. The average Bonchev–Trinajstić information content (AvgIpc) is 3.16. The SMILES string of the molecule is COC(=O)C1=C(C)N(c2ccc(C(C)C)cc2)C(=O)C1=Cc1sccc1C. The highest BCUT2D eigenvalue weighted by atomic mass is 32.1. The van der Waals surface area contributed by atoms with Gasteiger partial charge in [0.15, 0.2) is 0 Å². The zero-order valence-electron chi connectivity index (χ0n) is 16.2. The molecule has 0 saturated carbocycles. The van der Waals surface area contributed by atoms with E-state index < -0.39 is 5.97 Å². The molecule has 0 N–H and O–H groups in total. The fourth-order valence-electron chi connectivity index (χ4n) is 3.16. The Bertz CT molecular complexity index is 948. The molecule has 0 saturated heterocycles. The van der Waals surface area contributed by atoms with Gasteiger partial charge in [-0.3, -0.25) is 9.69 Å². The van der Waals surface area contributed by atoms with Crippen LogP contribution in [0.2, 0.25) is 0 Å². The molecule has 0 atom stereocenters. The van der Waals surface area contributed by atoms with Crippen molar-refractivity contribution < 1.29 is 14.3 Å². The monoisotopic (exact) mass is 381 g/mol. The number of anilines is 1. The minimum Gasteiger partial charge on any atom is -0.465 e. The van der Waals surface area contributed by atoms with Gasteiger partial charge in [0.05, 0.1) is 18.3 Å². The maximum absolute atomic E-state index is 13.2. The van der Waals surface area contributed by atoms with E-state index in [4.69, 9.17) is 4.74 Å². The van der Waals surface area contributed by atoms with E-state index >= 15 is 0 Å². The number of hydrogen-bond acceptors (Lipinski definition) is 4. The standard InChI is InChI=1S/C22H23NO3S/c1-13(2)16-6-8-17(9-7-16)23-15(4)20(22(25)26-5)18(21(23)24)12-19-14(3)10-11-27-19/h6-13H,1-5H3. The molecule has 0 radical (unpaired) electrons. The van der Waals surface area contributed by atoms with E-state index in [1.807, 2.05) is 42.6 Å². The second-order valence-corrected chi connectivity index (χ2v) is 7.81. The van der Waals surface area contributed by atoms with Crippen LogP contribution < -0.4 is 4.90 Å². The highest BCUT2D eigenvalue weighted by molar-refractivity contribution is 7.11. The molecule has 0 spiro atoms. The number of allylic oxidation sites excluding steroid dienone is 1. The highest BCUT2D eigenvalue weighted by Gasteiger charge is 2.38. The van der Waals surface area contributed by atoms with Gasteiger partial charge >= 0.3 is 5.97 Å². The van der Waals surface area contributed by atoms with Gasteiger partial charge in [-0.05, 0) is 60.5 Å². The minimum atomic E-state index is -0.498. The topological polar surface area (TPSA) is 46.6 Å². The highest BCUT2D eigenvalue weighted by Crippen LogP contribution is 2.36. The van der Waals surface area contributed by atoms with Crippen LogP contribution in [-0.4, -0.2) is 19.0 Å². The zero-order chi connectivity index (χ0) is 19.7. The maximum Gasteiger partial charge on any atom is 0.340 e. The zero-order valence-corrected chi connectivity index (χ0v) is 17.0. The van der Waals surface area contributed by atoms with Gasteiger partial charge in [-0.1, -0.05) is 26.0 Å². The van der Waals surface area contributed by atoms with E-state index in [0.29, 0.717) is 22.8 Å². The van der Waals surface area contributed by atoms with Crippen LogP contribution >= 0.6 is 11.3 Å². The summed E-state index contributed by atoms with van der Waals surface area (Å²) in [4.78, 5) is 28.2. The molecule has 5 heteroatoms. The molecule has 140 valence electrons. The smallest absolute Gasteiger partial charge is 0.340 e. The van der Waals surface area contributed by atoms with Crippen molar-refractivity contribution in [2.45, 2.75) is 33.6 Å². The Kier molecular flexibility index (Phi) is 5.33. The summed E-state index contributed by atoms with van der Waals surface area (Å²) in [5, 5.41) is 1.97. The van der Waals surface area contributed by atoms with E-state index in [1.54, 1.807) is 29.2 Å². The molecule has 1 aromatic heterocycles. The molecule has 0 bridgehead atoms. The summed E-state index contributed by atoms with van der Waals surface area (Å²) in [6, 6.07) is 9.87. The Balaban J connectivity index is 2.10. The minimum absolute atomic E-state index is 0.210. The van der Waals surface area contributed by atoms with E-state index in [1.165, 1.54) is 12.7 Å². The summed E-state index contributed by atoms with van der Waals surface area (Å²) < 4.78 is 4.95. The second kappa shape index (κ2) is 7.53. The van der Waals surface area contributed by atoms with E-state index in [9.17, 15) is 9.59 Å². The van der Waals surface area contributed by atoms with Crippen LogP contribution in [0, 0.1) is 6.92 Å². The van der Waals surface area contributed by atoms with Crippen LogP contribution in [0.15, 0.2) is 52.6 Å². The largest absolute Gasteiger partial charge is 0.465 e. The number of esters is 1. The lowest BCUT2D eigenvalue weighted by Gasteiger charge is -2.19. The lowest BCUT2D eigenvalue weighted by molar-refractivity contribution is -0.136. The molecule has 1 aliphatic heterocycles. The van der Waals surface area contributed by atoms with Gasteiger partial charge < -0.3 is 4.74 Å². The van der Waals surface area contributed by atoms with Gasteiger partial charge in [0.25, 0.3) is 5.91 Å². The molecule has 1 aromatic carbocycles. The van der Waals surface area contributed by atoms with Gasteiger partial charge in [-0.25, -0.2) is 4.79 Å². The predicted molar refractivity (Wildman–Crippen MR) is 110 cm³/mol. The molecular formula is C22H23NO3S. The van der Waals surface area contributed by atoms with Crippen molar-refractivity contribution in [3.63, 3.8) is 0 Å². The number of nitrogens with zero attached hydrogens (tertiary/aromatic N) is 1. The first-order chi connectivity index (χ1) is 12.8. The fourth-order valence-corrected chi connectivity index (χ4v) is 4.02. The number of hydrogen-bond donors (Lipinski definition) is 0. The molecule has 3 rings (SSSR count). The van der Waals surface area contributed by atoms with E-state index in [-0.39, 0.29) is 5.91 Å². The number of rotatable bonds is 4. The summed E-state index contributed by atoms with van der Waals surface area (Å²) in [6.07, 6.45) is 1.79. The van der Waals surface area contributed by atoms with Crippen LogP contribution in [0.4, 0.5) is 5.69 Å². The van der Waals surface area contributed by atoms with Crippen molar-refractivity contribution >= 4 is 35.0 Å². The first kappa shape index (κ1) is 19.1. The van der Waals surface area contributed by atoms with Gasteiger partial charge in [-0.15, -0.1) is 11.3 Å². The Labute approximate surface area is 163 Å². The number of aryl methyl sites for hydroxylation is 1. The Morgan fingerprint density at radius 2 is 1.81 bits per heavy atom. The molecule has 1 amide bonds. The van der Waals surface area contributed by atoms with E-state index in [2.05, 4.69) is 13.8 Å². The van der Waals surface area contributed by atoms with Crippen LogP contribution in [0.1, 0.15) is 42.7 Å². The third-order valence-corrected chi connectivity index (χ3v) is 5.75. The number of thiophene rings is 1. The van der Waals surface area contributed by atoms with Crippen LogP contribution in [0.5, 0.6) is 0 Å². The molecule has 0 aliphatic carbocycles. The summed E-state index contributed by atoms with van der Waals surface area (Å²) in [5.74, 6) is -0.298. The van der Waals surface area contributed by atoms with Crippen LogP contribution in [0.25, 0.3) is 6.08 Å². The maximum atomic E-state index is 13.2. The van der Waals surface area contributed by atoms with Crippen molar-refractivity contribution in [2.24, 2.45) is 0 Å². The second-order valence-electron chi connectivity index (χ2n) is 6.86. The molecule has 4 nitrogen and oxygen atoms in total. The van der Waals surface area contributed by atoms with Gasteiger partial charge in [-0.2, -0.15) is 0 Å². The molecule has 0 unspecified atom stereocenters. The van der Waals surface area contributed by atoms with Crippen LogP contribution in [0.3, 0.4) is 0 Å². The van der Waals surface area contributed by atoms with E-state index in [0.717, 1.165) is 16.1 Å². The Morgan fingerprint density at radius 1 is 1.15 bits per heavy atom. The molecule has 2 heterocycles. The fraction of sp³-hybridized carbons (Fsp3) is 0.273. The molecule has 1 aliphatic rings. The van der Waals surface area contributed by atoms with Crippen molar-refractivity contribution in [3.8, 4) is 0 Å². The number of carbonyl (C=O) groups is 2. The molecule has 27 heavy (non-hydrogen) atoms. The average molecular weight is 381 g/mol. The quantitative estimate of drug-likeness (QED) is 0.549. The number of ether oxygens (including phenoxy) is 1. The number of methoxy groups -OCH3 is 1. The summed E-state index contributed by atoms with van der Waals surface area (Å²) in [7, 11) is 1.33. The summed E-state index contributed by atoms with van der Waals surface area (Å²) in [6.45, 7) is 8.02. The Morgan fingerprint density at radius 3 is 2.33 bits per heavy atom. The predicted octanol–water partition coefficient (Wildman–Crippen LogP) is 5.06. The lowest BCUT2D eigenvalue weighted by Crippen LogP contribution is -2.24. The number of carbonyl (C=O) groups excluding carboxylic acids is 2. The lowest BCUT2D eigenvalue weighted by atomic mass is 10.0. The van der Waals surface area contributed by atoms with Crippen molar-refractivity contribution in [1.29, 1.82) is 0 Å². The van der Waals surface area contributed by atoms with Crippen molar-refractivity contribution in [2.75, 3.05) is 12.0 Å².